The topological polar surface area (TPSA) is 4.93 Å². The maximum absolute atomic E-state index is 2.40. The lowest BCUT2D eigenvalue weighted by Crippen LogP contribution is -1.94. The van der Waals surface area contributed by atoms with Crippen LogP contribution >= 0.6 is 0 Å². The van der Waals surface area contributed by atoms with E-state index in [1.807, 2.05) is 0 Å². The molecule has 1 heteroatoms. The first-order valence-electron chi connectivity index (χ1n) is 12.9. The van der Waals surface area contributed by atoms with E-state index >= 15 is 0 Å². The molecule has 0 bridgehead atoms. The number of aromatic nitrogens is 1. The molecular weight excluding hydrogens is 446 g/mol. The molecule has 0 atom stereocenters. The molecule has 0 aliphatic rings. The molecule has 0 amide bonds. The molecule has 7 rings (SSSR count). The SMILES string of the molecule is Cc1ccc2c3ccc(C)cc3n(-c3ccc(C=Cc4cccc5cc6ccccc6cc45)cc3)c2c1. The van der Waals surface area contributed by atoms with E-state index in [1.165, 1.54) is 71.3 Å². The van der Waals surface area contributed by atoms with Crippen molar-refractivity contribution >= 4 is 55.5 Å². The zero-order chi connectivity index (χ0) is 24.9. The van der Waals surface area contributed by atoms with E-state index in [2.05, 4.69) is 146 Å². The van der Waals surface area contributed by atoms with E-state index < -0.39 is 0 Å². The van der Waals surface area contributed by atoms with Crippen LogP contribution in [0.1, 0.15) is 22.3 Å². The van der Waals surface area contributed by atoms with Crippen molar-refractivity contribution in [2.75, 3.05) is 0 Å². The molecule has 0 N–H and O–H groups in total. The van der Waals surface area contributed by atoms with Crippen LogP contribution in [0.4, 0.5) is 0 Å². The van der Waals surface area contributed by atoms with Crippen molar-refractivity contribution in [3.05, 3.63) is 138 Å². The Hall–Kier alpha value is -4.62. The zero-order valence-corrected chi connectivity index (χ0v) is 21.1. The number of nitrogens with zero attached hydrogens (tertiary/aromatic N) is 1. The van der Waals surface area contributed by atoms with Crippen molar-refractivity contribution < 1.29 is 0 Å². The van der Waals surface area contributed by atoms with Gasteiger partial charge in [0.15, 0.2) is 0 Å². The summed E-state index contributed by atoms with van der Waals surface area (Å²) in [5.41, 5.74) is 8.67. The smallest absolute Gasteiger partial charge is 0.0543 e. The molecule has 1 aromatic heterocycles. The number of fused-ring (bicyclic) bond motifs is 5. The monoisotopic (exact) mass is 473 g/mol. The Balaban J connectivity index is 1.29. The Morgan fingerprint density at radius 1 is 0.486 bits per heavy atom. The minimum absolute atomic E-state index is 1.19. The molecule has 176 valence electrons. The summed E-state index contributed by atoms with van der Waals surface area (Å²) in [5, 5.41) is 7.71. The molecule has 0 saturated carbocycles. The molecule has 0 aliphatic carbocycles. The molecule has 0 saturated heterocycles. The third-order valence-electron chi connectivity index (χ3n) is 7.47. The highest BCUT2D eigenvalue weighted by atomic mass is 15.0. The van der Waals surface area contributed by atoms with Crippen molar-refractivity contribution in [3.63, 3.8) is 0 Å². The first-order valence-corrected chi connectivity index (χ1v) is 12.9. The third-order valence-corrected chi connectivity index (χ3v) is 7.47. The van der Waals surface area contributed by atoms with Gasteiger partial charge in [-0.05, 0) is 94.0 Å². The van der Waals surface area contributed by atoms with Crippen LogP contribution in [-0.2, 0) is 0 Å². The van der Waals surface area contributed by atoms with Crippen molar-refractivity contribution in [1.29, 1.82) is 0 Å². The van der Waals surface area contributed by atoms with Crippen molar-refractivity contribution in [1.82, 2.24) is 4.57 Å². The molecule has 0 spiro atoms. The Kier molecular flexibility index (Phi) is 4.97. The first-order chi connectivity index (χ1) is 18.1. The quantitative estimate of drug-likeness (QED) is 0.178. The predicted octanol–water partition coefficient (Wildman–Crippen LogP) is 9.88. The summed E-state index contributed by atoms with van der Waals surface area (Å²) >= 11 is 0. The van der Waals surface area contributed by atoms with Crippen LogP contribution in [0.15, 0.2) is 115 Å². The zero-order valence-electron chi connectivity index (χ0n) is 21.1. The molecule has 0 radical (unpaired) electrons. The fourth-order valence-electron chi connectivity index (χ4n) is 5.57. The standard InChI is InChI=1S/C36H27N/c1-24-10-18-32-33-19-11-25(2)21-36(33)37(35(32)20-24)31-16-13-26(14-17-31)12-15-27-8-5-9-30-22-28-6-3-4-7-29(28)23-34(27)30/h3-23H,1-2H3. The fourth-order valence-corrected chi connectivity index (χ4v) is 5.57. The molecule has 7 aromatic rings. The van der Waals surface area contributed by atoms with Crippen LogP contribution in [0.5, 0.6) is 0 Å². The van der Waals surface area contributed by atoms with Crippen LogP contribution < -0.4 is 0 Å². The second kappa shape index (κ2) is 8.50. The summed E-state index contributed by atoms with van der Waals surface area (Å²) in [6.45, 7) is 4.33. The third kappa shape index (κ3) is 3.72. The van der Waals surface area contributed by atoms with E-state index in [4.69, 9.17) is 0 Å². The average Bonchev–Trinajstić information content (AvgIpc) is 3.23. The van der Waals surface area contributed by atoms with Gasteiger partial charge in [-0.1, -0.05) is 91.0 Å². The molecule has 0 aliphatic heterocycles. The summed E-state index contributed by atoms with van der Waals surface area (Å²) in [4.78, 5) is 0. The summed E-state index contributed by atoms with van der Waals surface area (Å²) in [6, 6.07) is 42.1. The molecule has 1 nitrogen and oxygen atoms in total. The second-order valence-corrected chi connectivity index (χ2v) is 10.1. The minimum atomic E-state index is 1.19. The largest absolute Gasteiger partial charge is 0.309 e. The Morgan fingerprint density at radius 3 is 1.78 bits per heavy atom. The number of rotatable bonds is 3. The molecule has 6 aromatic carbocycles. The van der Waals surface area contributed by atoms with Gasteiger partial charge in [-0.15, -0.1) is 0 Å². The van der Waals surface area contributed by atoms with Crippen molar-refractivity contribution in [2.24, 2.45) is 0 Å². The average molecular weight is 474 g/mol. The van der Waals surface area contributed by atoms with Crippen molar-refractivity contribution in [2.45, 2.75) is 13.8 Å². The van der Waals surface area contributed by atoms with Crippen LogP contribution in [0.25, 0.3) is 61.2 Å². The first kappa shape index (κ1) is 21.6. The number of hydrogen-bond acceptors (Lipinski definition) is 0. The van der Waals surface area contributed by atoms with E-state index in [0.29, 0.717) is 0 Å². The fraction of sp³-hybridized carbons (Fsp3) is 0.0556. The summed E-state index contributed by atoms with van der Waals surface area (Å²) in [6.07, 6.45) is 4.45. The lowest BCUT2D eigenvalue weighted by Gasteiger charge is -2.09. The maximum atomic E-state index is 2.40. The van der Waals surface area contributed by atoms with E-state index in [-0.39, 0.29) is 0 Å². The lowest BCUT2D eigenvalue weighted by molar-refractivity contribution is 1.17. The Bertz CT molecular complexity index is 1930. The van der Waals surface area contributed by atoms with E-state index in [9.17, 15) is 0 Å². The van der Waals surface area contributed by atoms with Gasteiger partial charge in [0, 0.05) is 16.5 Å². The van der Waals surface area contributed by atoms with Crippen molar-refractivity contribution in [3.8, 4) is 5.69 Å². The maximum Gasteiger partial charge on any atom is 0.0543 e. The van der Waals surface area contributed by atoms with Gasteiger partial charge in [0.25, 0.3) is 0 Å². The van der Waals surface area contributed by atoms with Gasteiger partial charge >= 0.3 is 0 Å². The van der Waals surface area contributed by atoms with Crippen LogP contribution in [0, 0.1) is 13.8 Å². The van der Waals surface area contributed by atoms with Gasteiger partial charge < -0.3 is 4.57 Å². The van der Waals surface area contributed by atoms with E-state index in [0.717, 1.165) is 0 Å². The van der Waals surface area contributed by atoms with Gasteiger partial charge in [0.05, 0.1) is 11.0 Å². The van der Waals surface area contributed by atoms with Crippen LogP contribution in [-0.4, -0.2) is 4.57 Å². The minimum Gasteiger partial charge on any atom is -0.309 e. The van der Waals surface area contributed by atoms with Gasteiger partial charge in [-0.2, -0.15) is 0 Å². The van der Waals surface area contributed by atoms with Crippen LogP contribution in [0.3, 0.4) is 0 Å². The van der Waals surface area contributed by atoms with Gasteiger partial charge in [-0.3, -0.25) is 0 Å². The molecule has 1 heterocycles. The van der Waals surface area contributed by atoms with Crippen LogP contribution in [0.2, 0.25) is 0 Å². The van der Waals surface area contributed by atoms with Gasteiger partial charge in [-0.25, -0.2) is 0 Å². The highest BCUT2D eigenvalue weighted by Crippen LogP contribution is 2.33. The van der Waals surface area contributed by atoms with E-state index in [1.54, 1.807) is 0 Å². The van der Waals surface area contributed by atoms with Gasteiger partial charge in [0.2, 0.25) is 0 Å². The molecule has 37 heavy (non-hydrogen) atoms. The number of aryl methyl sites for hydroxylation is 2. The molecule has 0 unspecified atom stereocenters. The highest BCUT2D eigenvalue weighted by Gasteiger charge is 2.12. The number of benzene rings is 6. The summed E-state index contributed by atoms with van der Waals surface area (Å²) < 4.78 is 2.40. The predicted molar refractivity (Wildman–Crippen MR) is 161 cm³/mol. The van der Waals surface area contributed by atoms with Gasteiger partial charge in [0.1, 0.15) is 0 Å². The normalized spacial score (nSPS) is 11.9. The highest BCUT2D eigenvalue weighted by molar-refractivity contribution is 6.09. The second-order valence-electron chi connectivity index (χ2n) is 10.1. The number of hydrogen-bond donors (Lipinski definition) is 0. The lowest BCUT2D eigenvalue weighted by atomic mass is 9.99. The Labute approximate surface area is 216 Å². The summed E-state index contributed by atoms with van der Waals surface area (Å²) in [7, 11) is 0. The molecular formula is C36H27N. The Morgan fingerprint density at radius 2 is 1.11 bits per heavy atom. The molecule has 0 fully saturated rings. The summed E-state index contributed by atoms with van der Waals surface area (Å²) in [5.74, 6) is 0.